The van der Waals surface area contributed by atoms with Crippen LogP contribution in [0.1, 0.15) is 6.42 Å². The normalized spacial score (nSPS) is 7.67. The number of carboxylic acids is 1. The first kappa shape index (κ1) is 11.8. The van der Waals surface area contributed by atoms with Crippen molar-refractivity contribution < 1.29 is 33.6 Å². The monoisotopic (exact) mass is 142 g/mol. The van der Waals surface area contributed by atoms with Crippen LogP contribution in [-0.4, -0.2) is 17.6 Å². The molecule has 0 radical (unpaired) electrons. The van der Waals surface area contributed by atoms with Gasteiger partial charge >= 0.3 is 18.9 Å². The smallest absolute Gasteiger partial charge is 0.550 e. The van der Waals surface area contributed by atoms with Crippen molar-refractivity contribution in [2.24, 2.45) is 0 Å². The summed E-state index contributed by atoms with van der Waals surface area (Å²) in [5.41, 5.74) is 0. The Hall–Kier alpha value is 0.0274. The molecule has 0 rings (SSSR count). The molecule has 3 nitrogen and oxygen atoms in total. The zero-order chi connectivity index (χ0) is 6.57. The zero-order valence-electron chi connectivity index (χ0n) is 5.02. The molecule has 0 aliphatic carbocycles. The standard InChI is InChI=1S/C4H5ClO3.Li/c5-2-3(6)1-4(7)8;/h1-2H2,(H,7,8);/q;+1/p-1. The molecule has 0 aliphatic rings. The van der Waals surface area contributed by atoms with E-state index in [2.05, 4.69) is 0 Å². The molecule has 5 heteroatoms. The van der Waals surface area contributed by atoms with Gasteiger partial charge in [-0.25, -0.2) is 0 Å². The molecule has 0 amide bonds. The zero-order valence-corrected chi connectivity index (χ0v) is 5.77. The third-order valence-corrected chi connectivity index (χ3v) is 0.789. The van der Waals surface area contributed by atoms with Crippen molar-refractivity contribution in [1.82, 2.24) is 0 Å². The van der Waals surface area contributed by atoms with Gasteiger partial charge in [0.1, 0.15) is 0 Å². The average Bonchev–Trinajstić information content (AvgIpc) is 1.65. The van der Waals surface area contributed by atoms with Crippen molar-refractivity contribution in [3.63, 3.8) is 0 Å². The van der Waals surface area contributed by atoms with Gasteiger partial charge < -0.3 is 9.90 Å². The van der Waals surface area contributed by atoms with Crippen LogP contribution < -0.4 is 24.0 Å². The van der Waals surface area contributed by atoms with E-state index in [9.17, 15) is 14.7 Å². The second-order valence-electron chi connectivity index (χ2n) is 1.22. The Labute approximate surface area is 69.6 Å². The molecule has 0 fully saturated rings. The SMILES string of the molecule is O=C([O-])CC(=O)CCl.[Li+]. The van der Waals surface area contributed by atoms with Crippen molar-refractivity contribution >= 4 is 23.4 Å². The van der Waals surface area contributed by atoms with E-state index < -0.39 is 18.2 Å². The summed E-state index contributed by atoms with van der Waals surface area (Å²) in [6, 6.07) is 0. The summed E-state index contributed by atoms with van der Waals surface area (Å²) in [7, 11) is 0. The number of halogens is 1. The van der Waals surface area contributed by atoms with Crippen LogP contribution in [0, 0.1) is 0 Å². The van der Waals surface area contributed by atoms with Crippen LogP contribution in [0.3, 0.4) is 0 Å². The van der Waals surface area contributed by atoms with Crippen LogP contribution in [0.2, 0.25) is 0 Å². The molecular weight excluding hydrogens is 138 g/mol. The van der Waals surface area contributed by atoms with Gasteiger partial charge in [-0.1, -0.05) is 0 Å². The van der Waals surface area contributed by atoms with Crippen LogP contribution in [0.15, 0.2) is 0 Å². The van der Waals surface area contributed by atoms with E-state index in [4.69, 9.17) is 11.6 Å². The van der Waals surface area contributed by atoms with Gasteiger partial charge in [-0.2, -0.15) is 0 Å². The number of alkyl halides is 1. The van der Waals surface area contributed by atoms with E-state index in [1.807, 2.05) is 0 Å². The first-order valence-electron chi connectivity index (χ1n) is 1.94. The summed E-state index contributed by atoms with van der Waals surface area (Å²) in [6.07, 6.45) is -0.580. The summed E-state index contributed by atoms with van der Waals surface area (Å²) in [5, 5.41) is 9.58. The number of carbonyl (C=O) groups excluding carboxylic acids is 2. The van der Waals surface area contributed by atoms with Gasteiger partial charge in [-0.3, -0.25) is 4.79 Å². The topological polar surface area (TPSA) is 57.2 Å². The molecule has 0 bridgehead atoms. The summed E-state index contributed by atoms with van der Waals surface area (Å²) >= 11 is 4.96. The number of hydrogen-bond acceptors (Lipinski definition) is 3. The Morgan fingerprint density at radius 2 is 1.89 bits per heavy atom. The van der Waals surface area contributed by atoms with Gasteiger partial charge in [0.05, 0.1) is 5.88 Å². The number of hydrogen-bond donors (Lipinski definition) is 0. The minimum absolute atomic E-state index is 0. The van der Waals surface area contributed by atoms with Crippen molar-refractivity contribution in [1.29, 1.82) is 0 Å². The maximum absolute atomic E-state index is 10.1. The molecule has 0 atom stereocenters. The van der Waals surface area contributed by atoms with Crippen molar-refractivity contribution in [3.8, 4) is 0 Å². The molecule has 0 aromatic rings. The van der Waals surface area contributed by atoms with E-state index in [0.29, 0.717) is 0 Å². The molecule has 0 saturated heterocycles. The molecule has 0 aliphatic heterocycles. The molecule has 0 N–H and O–H groups in total. The fourth-order valence-electron chi connectivity index (χ4n) is 0.208. The maximum atomic E-state index is 10.1. The molecule has 0 heterocycles. The molecule has 9 heavy (non-hydrogen) atoms. The minimum Gasteiger partial charge on any atom is -0.550 e. The molecule has 0 spiro atoms. The first-order chi connectivity index (χ1) is 3.66. The number of Topliss-reactive ketones (excluding diaryl/α,β-unsaturated/α-hetero) is 1. The van der Waals surface area contributed by atoms with Crippen LogP contribution in [0.5, 0.6) is 0 Å². The number of aliphatic carboxylic acids is 1. The molecule has 0 unspecified atom stereocenters. The fraction of sp³-hybridized carbons (Fsp3) is 0.500. The predicted octanol–water partition coefficient (Wildman–Crippen LogP) is -4.06. The van der Waals surface area contributed by atoms with E-state index in [1.54, 1.807) is 0 Å². The molecule has 46 valence electrons. The second kappa shape index (κ2) is 6.15. The number of rotatable bonds is 3. The van der Waals surface area contributed by atoms with Gasteiger partial charge in [0.2, 0.25) is 0 Å². The summed E-state index contributed by atoms with van der Waals surface area (Å²) in [4.78, 5) is 19.6. The third kappa shape index (κ3) is 8.03. The van der Waals surface area contributed by atoms with Gasteiger partial charge in [0.25, 0.3) is 0 Å². The Morgan fingerprint density at radius 1 is 1.44 bits per heavy atom. The molecule has 0 aromatic heterocycles. The molecule has 0 saturated carbocycles. The Morgan fingerprint density at radius 3 is 2.00 bits per heavy atom. The number of carbonyl (C=O) groups is 2. The van der Waals surface area contributed by atoms with Gasteiger partial charge in [-0.05, 0) is 0 Å². The predicted molar refractivity (Wildman–Crippen MR) is 25.4 cm³/mol. The minimum atomic E-state index is -1.38. The molecule has 0 aromatic carbocycles. The molecular formula is C4H4ClLiO3. The van der Waals surface area contributed by atoms with Crippen molar-refractivity contribution in [3.05, 3.63) is 0 Å². The van der Waals surface area contributed by atoms with Crippen LogP contribution >= 0.6 is 11.6 Å². The van der Waals surface area contributed by atoms with Gasteiger partial charge in [0, 0.05) is 12.4 Å². The van der Waals surface area contributed by atoms with Gasteiger partial charge in [-0.15, -0.1) is 11.6 Å². The van der Waals surface area contributed by atoms with Crippen molar-refractivity contribution in [2.75, 3.05) is 5.88 Å². The maximum Gasteiger partial charge on any atom is 1.00 e. The van der Waals surface area contributed by atoms with Crippen LogP contribution in [0.25, 0.3) is 0 Å². The third-order valence-electron chi connectivity index (χ3n) is 0.491. The Kier molecular flexibility index (Phi) is 8.05. The average molecular weight is 142 g/mol. The number of ketones is 1. The first-order valence-corrected chi connectivity index (χ1v) is 2.47. The van der Waals surface area contributed by atoms with E-state index >= 15 is 0 Å². The summed E-state index contributed by atoms with van der Waals surface area (Å²) in [5.74, 6) is -2.16. The Balaban J connectivity index is 0. The largest absolute Gasteiger partial charge is 1.00 e. The Bertz CT molecular complexity index is 114. The fourth-order valence-corrected chi connectivity index (χ4v) is 0.303. The summed E-state index contributed by atoms with van der Waals surface area (Å²) < 4.78 is 0. The van der Waals surface area contributed by atoms with Crippen LogP contribution in [-0.2, 0) is 9.59 Å². The quantitative estimate of drug-likeness (QED) is 0.229. The van der Waals surface area contributed by atoms with Crippen LogP contribution in [0.4, 0.5) is 0 Å². The van der Waals surface area contributed by atoms with Gasteiger partial charge in [0.15, 0.2) is 5.78 Å². The summed E-state index contributed by atoms with van der Waals surface area (Å²) in [6.45, 7) is 0. The number of carboxylic acid groups (broad SMARTS) is 1. The van der Waals surface area contributed by atoms with E-state index in [-0.39, 0.29) is 24.7 Å². The van der Waals surface area contributed by atoms with Crippen molar-refractivity contribution in [2.45, 2.75) is 6.42 Å². The second-order valence-corrected chi connectivity index (χ2v) is 1.49. The van der Waals surface area contributed by atoms with E-state index in [0.717, 1.165) is 0 Å². The van der Waals surface area contributed by atoms with E-state index in [1.165, 1.54) is 0 Å².